The van der Waals surface area contributed by atoms with E-state index in [0.717, 1.165) is 83.5 Å². The lowest BCUT2D eigenvalue weighted by molar-refractivity contribution is -0.167. The Labute approximate surface area is 417 Å². The summed E-state index contributed by atoms with van der Waals surface area (Å²) in [4.78, 5) is 38.2. The molecule has 67 heavy (non-hydrogen) atoms. The zero-order valence-electron chi connectivity index (χ0n) is 45.2. The summed E-state index contributed by atoms with van der Waals surface area (Å²) < 4.78 is 16.9. The molecule has 0 aliphatic rings. The van der Waals surface area contributed by atoms with Crippen molar-refractivity contribution in [3.05, 3.63) is 24.3 Å². The minimum Gasteiger partial charge on any atom is -0.462 e. The fourth-order valence-electron chi connectivity index (χ4n) is 8.93. The molecule has 0 rings (SSSR count). The van der Waals surface area contributed by atoms with E-state index in [1.54, 1.807) is 0 Å². The molecule has 0 N–H and O–H groups in total. The lowest BCUT2D eigenvalue weighted by Gasteiger charge is -2.18. The molecule has 6 heteroatoms. The SMILES string of the molecule is CCCC/C=C\C/C=C\CCCCCCCC(=O)OC(COC(=O)CCCCCCCCCCCCCCCC)COC(=O)CCCCCCCCCCCCCCCCCCCCCCC. The molecular weight excluding hydrogens is 829 g/mol. The van der Waals surface area contributed by atoms with Crippen LogP contribution in [0.5, 0.6) is 0 Å². The first kappa shape index (κ1) is 64.9. The van der Waals surface area contributed by atoms with E-state index in [4.69, 9.17) is 14.2 Å². The van der Waals surface area contributed by atoms with Crippen LogP contribution in [-0.4, -0.2) is 37.2 Å². The molecule has 0 aromatic heterocycles. The van der Waals surface area contributed by atoms with E-state index in [1.165, 1.54) is 205 Å². The van der Waals surface area contributed by atoms with Gasteiger partial charge in [0.1, 0.15) is 13.2 Å². The van der Waals surface area contributed by atoms with Crippen molar-refractivity contribution in [1.29, 1.82) is 0 Å². The van der Waals surface area contributed by atoms with Crippen molar-refractivity contribution >= 4 is 17.9 Å². The second kappa shape index (κ2) is 56.5. The highest BCUT2D eigenvalue weighted by atomic mass is 16.6. The number of esters is 3. The van der Waals surface area contributed by atoms with E-state index in [-0.39, 0.29) is 31.1 Å². The van der Waals surface area contributed by atoms with Gasteiger partial charge in [0.25, 0.3) is 0 Å². The second-order valence-corrected chi connectivity index (χ2v) is 20.3. The van der Waals surface area contributed by atoms with Gasteiger partial charge in [-0.05, 0) is 44.9 Å². The van der Waals surface area contributed by atoms with E-state index < -0.39 is 6.10 Å². The third kappa shape index (κ3) is 54.7. The number of carbonyl (C=O) groups excluding carboxylic acids is 3. The largest absolute Gasteiger partial charge is 0.462 e. The normalized spacial score (nSPS) is 12.1. The predicted octanol–water partition coefficient (Wildman–Crippen LogP) is 19.9. The Kier molecular flexibility index (Phi) is 54.7. The van der Waals surface area contributed by atoms with Crippen LogP contribution in [0.1, 0.15) is 329 Å². The Balaban J connectivity index is 4.27. The zero-order valence-corrected chi connectivity index (χ0v) is 45.2. The fourth-order valence-corrected chi connectivity index (χ4v) is 8.93. The molecule has 0 radical (unpaired) electrons. The van der Waals surface area contributed by atoms with Gasteiger partial charge >= 0.3 is 17.9 Å². The van der Waals surface area contributed by atoms with Gasteiger partial charge in [0.2, 0.25) is 0 Å². The topological polar surface area (TPSA) is 78.9 Å². The maximum atomic E-state index is 12.8. The molecule has 0 saturated heterocycles. The van der Waals surface area contributed by atoms with Gasteiger partial charge < -0.3 is 14.2 Å². The first-order valence-electron chi connectivity index (χ1n) is 29.8. The highest BCUT2D eigenvalue weighted by Gasteiger charge is 2.19. The number of rotatable bonds is 55. The Bertz CT molecular complexity index is 1080. The maximum absolute atomic E-state index is 12.8. The van der Waals surface area contributed by atoms with E-state index in [0.29, 0.717) is 19.3 Å². The van der Waals surface area contributed by atoms with Crippen LogP contribution in [0, 0.1) is 0 Å². The van der Waals surface area contributed by atoms with Crippen molar-refractivity contribution in [1.82, 2.24) is 0 Å². The monoisotopic (exact) mass is 943 g/mol. The third-order valence-corrected chi connectivity index (χ3v) is 13.5. The zero-order chi connectivity index (χ0) is 48.6. The van der Waals surface area contributed by atoms with Crippen LogP contribution < -0.4 is 0 Å². The molecule has 1 atom stereocenters. The summed E-state index contributed by atoms with van der Waals surface area (Å²) in [6, 6.07) is 0. The fraction of sp³-hybridized carbons (Fsp3) is 0.885. The van der Waals surface area contributed by atoms with Gasteiger partial charge in [0, 0.05) is 19.3 Å². The number of ether oxygens (including phenoxy) is 3. The standard InChI is InChI=1S/C61H114O6/c1-4-7-10-13-16-19-22-25-28-29-30-31-32-33-34-37-39-42-45-48-51-54-60(63)66-57-58(67-61(64)55-52-49-46-43-40-36-27-24-21-18-15-12-9-6-3)56-65-59(62)53-50-47-44-41-38-35-26-23-20-17-14-11-8-5-2/h15,18,24,27,58H,4-14,16-17,19-23,25-26,28-57H2,1-3H3/b18-15-,27-24-. The first-order valence-corrected chi connectivity index (χ1v) is 29.8. The molecule has 0 spiro atoms. The van der Waals surface area contributed by atoms with Crippen LogP contribution in [-0.2, 0) is 28.6 Å². The number of hydrogen-bond donors (Lipinski definition) is 0. The van der Waals surface area contributed by atoms with Gasteiger partial charge in [-0.1, -0.05) is 289 Å². The molecule has 0 aromatic rings. The highest BCUT2D eigenvalue weighted by Crippen LogP contribution is 2.17. The summed E-state index contributed by atoms with van der Waals surface area (Å²) in [5.41, 5.74) is 0. The van der Waals surface area contributed by atoms with Crippen LogP contribution in [0.4, 0.5) is 0 Å². The summed E-state index contributed by atoms with van der Waals surface area (Å²) in [6.07, 6.45) is 66.0. The average molecular weight is 944 g/mol. The summed E-state index contributed by atoms with van der Waals surface area (Å²) in [5.74, 6) is -0.863. The predicted molar refractivity (Wildman–Crippen MR) is 289 cm³/mol. The quantitative estimate of drug-likeness (QED) is 0.0262. The molecule has 1 unspecified atom stereocenters. The summed E-state index contributed by atoms with van der Waals surface area (Å²) in [5, 5.41) is 0. The first-order chi connectivity index (χ1) is 33.0. The van der Waals surface area contributed by atoms with Crippen molar-refractivity contribution in [2.75, 3.05) is 13.2 Å². The van der Waals surface area contributed by atoms with Crippen molar-refractivity contribution in [2.24, 2.45) is 0 Å². The average Bonchev–Trinajstić information content (AvgIpc) is 3.33. The third-order valence-electron chi connectivity index (χ3n) is 13.5. The maximum Gasteiger partial charge on any atom is 0.306 e. The number of carbonyl (C=O) groups is 3. The van der Waals surface area contributed by atoms with Gasteiger partial charge in [-0.2, -0.15) is 0 Å². The van der Waals surface area contributed by atoms with Crippen molar-refractivity contribution in [3.63, 3.8) is 0 Å². The molecule has 0 fully saturated rings. The van der Waals surface area contributed by atoms with Gasteiger partial charge in [0.15, 0.2) is 6.10 Å². The van der Waals surface area contributed by atoms with Gasteiger partial charge in [-0.25, -0.2) is 0 Å². The Hall–Kier alpha value is -2.11. The van der Waals surface area contributed by atoms with Gasteiger partial charge in [-0.3, -0.25) is 14.4 Å². The summed E-state index contributed by atoms with van der Waals surface area (Å²) in [6.45, 7) is 6.64. The van der Waals surface area contributed by atoms with E-state index in [1.807, 2.05) is 0 Å². The molecule has 0 aromatic carbocycles. The Morgan fingerprint density at radius 1 is 0.299 bits per heavy atom. The summed E-state index contributed by atoms with van der Waals surface area (Å²) in [7, 11) is 0. The minimum atomic E-state index is -0.773. The molecule has 0 aliphatic carbocycles. The van der Waals surface area contributed by atoms with Gasteiger partial charge in [0.05, 0.1) is 0 Å². The number of unbranched alkanes of at least 4 members (excludes halogenated alkanes) is 40. The van der Waals surface area contributed by atoms with Crippen LogP contribution >= 0.6 is 0 Å². The number of allylic oxidation sites excluding steroid dienone is 4. The van der Waals surface area contributed by atoms with E-state index in [2.05, 4.69) is 45.1 Å². The minimum absolute atomic E-state index is 0.0714. The van der Waals surface area contributed by atoms with Crippen LogP contribution in [0.15, 0.2) is 24.3 Å². The molecular formula is C61H114O6. The highest BCUT2D eigenvalue weighted by molar-refractivity contribution is 5.71. The Morgan fingerprint density at radius 2 is 0.552 bits per heavy atom. The second-order valence-electron chi connectivity index (χ2n) is 20.3. The molecule has 394 valence electrons. The number of hydrogen-bond acceptors (Lipinski definition) is 6. The molecule has 0 bridgehead atoms. The van der Waals surface area contributed by atoms with E-state index >= 15 is 0 Å². The Morgan fingerprint density at radius 3 is 0.866 bits per heavy atom. The lowest BCUT2D eigenvalue weighted by Crippen LogP contribution is -2.30. The lowest BCUT2D eigenvalue weighted by atomic mass is 10.0. The molecule has 0 saturated carbocycles. The van der Waals surface area contributed by atoms with Crippen molar-refractivity contribution in [3.8, 4) is 0 Å². The van der Waals surface area contributed by atoms with E-state index in [9.17, 15) is 14.4 Å². The van der Waals surface area contributed by atoms with Crippen molar-refractivity contribution < 1.29 is 28.6 Å². The summed E-state index contributed by atoms with van der Waals surface area (Å²) >= 11 is 0. The van der Waals surface area contributed by atoms with Gasteiger partial charge in [-0.15, -0.1) is 0 Å². The smallest absolute Gasteiger partial charge is 0.306 e. The molecule has 0 amide bonds. The molecule has 0 aliphatic heterocycles. The van der Waals surface area contributed by atoms with Crippen LogP contribution in [0.3, 0.4) is 0 Å². The van der Waals surface area contributed by atoms with Crippen LogP contribution in [0.25, 0.3) is 0 Å². The molecule has 0 heterocycles. The van der Waals surface area contributed by atoms with Crippen LogP contribution in [0.2, 0.25) is 0 Å². The van der Waals surface area contributed by atoms with Crippen molar-refractivity contribution in [2.45, 2.75) is 335 Å². The molecule has 6 nitrogen and oxygen atoms in total.